The van der Waals surface area contributed by atoms with Crippen LogP contribution >= 0.6 is 0 Å². The maximum atomic E-state index is 12.0. The van der Waals surface area contributed by atoms with Gasteiger partial charge in [0, 0.05) is 17.2 Å². The smallest absolute Gasteiger partial charge is 0.251 e. The number of rotatable bonds is 3. The van der Waals surface area contributed by atoms with Gasteiger partial charge in [-0.3, -0.25) is 4.79 Å². The molecular weight excluding hydrogens is 254 g/mol. The van der Waals surface area contributed by atoms with E-state index in [9.17, 15) is 4.79 Å². The second kappa shape index (κ2) is 6.55. The van der Waals surface area contributed by atoms with E-state index in [1.807, 2.05) is 13.0 Å². The first-order valence-electron chi connectivity index (χ1n) is 6.17. The Kier molecular flexibility index (Phi) is 4.53. The zero-order valence-corrected chi connectivity index (χ0v) is 11.1. The number of nitrogens with two attached hydrogens (primary N) is 1. The Morgan fingerprint density at radius 3 is 2.95 bits per heavy atom. The fraction of sp³-hybridized carbons (Fsp3) is 0.200. The summed E-state index contributed by atoms with van der Waals surface area (Å²) >= 11 is 0. The third-order valence-corrected chi connectivity index (χ3v) is 2.74. The summed E-state index contributed by atoms with van der Waals surface area (Å²) in [6.07, 6.45) is 1.47. The highest BCUT2D eigenvalue weighted by Crippen LogP contribution is 2.10. The van der Waals surface area contributed by atoms with Gasteiger partial charge in [0.2, 0.25) is 0 Å². The predicted octanol–water partition coefficient (Wildman–Crippen LogP) is 1.22. The fourth-order valence-corrected chi connectivity index (χ4v) is 1.69. The lowest BCUT2D eigenvalue weighted by Crippen LogP contribution is -2.23. The summed E-state index contributed by atoms with van der Waals surface area (Å²) in [5, 5.41) is 6.50. The number of carbonyl (C=O) groups excluding carboxylic acids is 1. The van der Waals surface area contributed by atoms with E-state index in [1.165, 1.54) is 6.26 Å². The second-order valence-corrected chi connectivity index (χ2v) is 4.21. The SMILES string of the molecule is Cc1cc(C(=O)NCc2ccon2)ccc1C#CCN. The van der Waals surface area contributed by atoms with Crippen molar-refractivity contribution in [2.75, 3.05) is 6.54 Å². The third-order valence-electron chi connectivity index (χ3n) is 2.74. The summed E-state index contributed by atoms with van der Waals surface area (Å²) in [6.45, 7) is 2.57. The monoisotopic (exact) mass is 269 g/mol. The molecule has 1 amide bonds. The molecule has 2 rings (SSSR count). The Morgan fingerprint density at radius 1 is 1.45 bits per heavy atom. The average molecular weight is 269 g/mol. The van der Waals surface area contributed by atoms with Crippen molar-refractivity contribution in [2.45, 2.75) is 13.5 Å². The lowest BCUT2D eigenvalue weighted by Gasteiger charge is -2.05. The molecule has 0 aliphatic rings. The van der Waals surface area contributed by atoms with Gasteiger partial charge in [-0.25, -0.2) is 0 Å². The van der Waals surface area contributed by atoms with Gasteiger partial charge in [0.1, 0.15) is 12.0 Å². The highest BCUT2D eigenvalue weighted by atomic mass is 16.5. The Labute approximate surface area is 117 Å². The molecule has 1 heterocycles. The number of nitrogens with one attached hydrogen (secondary N) is 1. The molecule has 1 aromatic carbocycles. The van der Waals surface area contributed by atoms with E-state index in [1.54, 1.807) is 18.2 Å². The molecular formula is C15H15N3O2. The number of hydrogen-bond acceptors (Lipinski definition) is 4. The van der Waals surface area contributed by atoms with Crippen molar-refractivity contribution in [3.8, 4) is 11.8 Å². The van der Waals surface area contributed by atoms with Crippen LogP contribution in [0.2, 0.25) is 0 Å². The van der Waals surface area contributed by atoms with Gasteiger partial charge >= 0.3 is 0 Å². The van der Waals surface area contributed by atoms with Crippen molar-refractivity contribution in [2.24, 2.45) is 5.73 Å². The van der Waals surface area contributed by atoms with Gasteiger partial charge in [-0.1, -0.05) is 17.0 Å². The van der Waals surface area contributed by atoms with Gasteiger partial charge in [0.15, 0.2) is 0 Å². The minimum atomic E-state index is -0.158. The summed E-state index contributed by atoms with van der Waals surface area (Å²) < 4.78 is 4.70. The van der Waals surface area contributed by atoms with Crippen LogP contribution in [0.5, 0.6) is 0 Å². The quantitative estimate of drug-likeness (QED) is 0.821. The van der Waals surface area contributed by atoms with Gasteiger partial charge in [-0.15, -0.1) is 0 Å². The van der Waals surface area contributed by atoms with Crippen LogP contribution in [0.15, 0.2) is 35.1 Å². The van der Waals surface area contributed by atoms with Gasteiger partial charge in [0.25, 0.3) is 5.91 Å². The van der Waals surface area contributed by atoms with Crippen molar-refractivity contribution in [1.82, 2.24) is 10.5 Å². The number of carbonyl (C=O) groups is 1. The van der Waals surface area contributed by atoms with Crippen molar-refractivity contribution in [3.05, 3.63) is 52.9 Å². The van der Waals surface area contributed by atoms with Crippen molar-refractivity contribution >= 4 is 5.91 Å². The van der Waals surface area contributed by atoms with Crippen LogP contribution in [-0.2, 0) is 6.54 Å². The average Bonchev–Trinajstić information content (AvgIpc) is 2.96. The molecule has 0 fully saturated rings. The minimum Gasteiger partial charge on any atom is -0.364 e. The van der Waals surface area contributed by atoms with Crippen LogP contribution in [0.4, 0.5) is 0 Å². The molecule has 20 heavy (non-hydrogen) atoms. The molecule has 3 N–H and O–H groups in total. The maximum absolute atomic E-state index is 12.0. The Morgan fingerprint density at radius 2 is 2.30 bits per heavy atom. The highest BCUT2D eigenvalue weighted by Gasteiger charge is 2.07. The van der Waals surface area contributed by atoms with Crippen LogP contribution < -0.4 is 11.1 Å². The summed E-state index contributed by atoms with van der Waals surface area (Å²) in [6, 6.07) is 7.07. The molecule has 0 aliphatic heterocycles. The molecule has 0 atom stereocenters. The molecule has 0 bridgehead atoms. The standard InChI is InChI=1S/C15H15N3O2/c1-11-9-13(5-4-12(11)3-2-7-16)15(19)17-10-14-6-8-20-18-14/h4-6,8-9H,7,10,16H2,1H3,(H,17,19). The summed E-state index contributed by atoms with van der Waals surface area (Å²) in [4.78, 5) is 12.0. The molecule has 5 heteroatoms. The van der Waals surface area contributed by atoms with Gasteiger partial charge < -0.3 is 15.6 Å². The van der Waals surface area contributed by atoms with Crippen LogP contribution in [0, 0.1) is 18.8 Å². The number of amides is 1. The molecule has 5 nitrogen and oxygen atoms in total. The van der Waals surface area contributed by atoms with Crippen molar-refractivity contribution in [3.63, 3.8) is 0 Å². The van der Waals surface area contributed by atoms with Gasteiger partial charge in [-0.2, -0.15) is 0 Å². The van der Waals surface area contributed by atoms with E-state index < -0.39 is 0 Å². The largest absolute Gasteiger partial charge is 0.364 e. The van der Waals surface area contributed by atoms with Crippen LogP contribution in [0.1, 0.15) is 27.2 Å². The van der Waals surface area contributed by atoms with E-state index in [0.717, 1.165) is 11.1 Å². The zero-order valence-electron chi connectivity index (χ0n) is 11.1. The molecule has 0 spiro atoms. The van der Waals surface area contributed by atoms with Crippen molar-refractivity contribution < 1.29 is 9.32 Å². The summed E-state index contributed by atoms with van der Waals surface area (Å²) in [5.74, 6) is 5.60. The molecule has 0 saturated heterocycles. The van der Waals surface area contributed by atoms with E-state index in [2.05, 4.69) is 22.3 Å². The van der Waals surface area contributed by atoms with Crippen LogP contribution in [0.3, 0.4) is 0 Å². The molecule has 2 aromatic rings. The minimum absolute atomic E-state index is 0.158. The highest BCUT2D eigenvalue weighted by molar-refractivity contribution is 5.94. The first kappa shape index (κ1) is 13.8. The molecule has 1 aromatic heterocycles. The molecule has 102 valence electrons. The first-order valence-corrected chi connectivity index (χ1v) is 6.17. The zero-order chi connectivity index (χ0) is 14.4. The van der Waals surface area contributed by atoms with Gasteiger partial charge in [0.05, 0.1) is 13.1 Å². The molecule has 0 radical (unpaired) electrons. The van der Waals surface area contributed by atoms with Crippen LogP contribution in [-0.4, -0.2) is 17.6 Å². The van der Waals surface area contributed by atoms with E-state index in [0.29, 0.717) is 24.3 Å². The van der Waals surface area contributed by atoms with Gasteiger partial charge in [-0.05, 0) is 30.7 Å². The normalized spacial score (nSPS) is 9.70. The van der Waals surface area contributed by atoms with E-state index >= 15 is 0 Å². The maximum Gasteiger partial charge on any atom is 0.251 e. The van der Waals surface area contributed by atoms with Crippen molar-refractivity contribution in [1.29, 1.82) is 0 Å². The lowest BCUT2D eigenvalue weighted by atomic mass is 10.0. The Bertz CT molecular complexity index is 651. The summed E-state index contributed by atoms with van der Waals surface area (Å²) in [5.41, 5.74) is 8.43. The molecule has 0 saturated carbocycles. The first-order chi connectivity index (χ1) is 9.70. The Balaban J connectivity index is 2.05. The van der Waals surface area contributed by atoms with E-state index in [-0.39, 0.29) is 5.91 Å². The fourth-order valence-electron chi connectivity index (χ4n) is 1.69. The van der Waals surface area contributed by atoms with E-state index in [4.69, 9.17) is 10.3 Å². The number of hydrogen-bond donors (Lipinski definition) is 2. The predicted molar refractivity (Wildman–Crippen MR) is 74.8 cm³/mol. The number of benzene rings is 1. The number of aryl methyl sites for hydroxylation is 1. The number of aromatic nitrogens is 1. The third kappa shape index (κ3) is 3.46. The second-order valence-electron chi connectivity index (χ2n) is 4.21. The topological polar surface area (TPSA) is 81.2 Å². The molecule has 0 aliphatic carbocycles. The lowest BCUT2D eigenvalue weighted by molar-refractivity contribution is 0.0950. The number of nitrogens with zero attached hydrogens (tertiary/aromatic N) is 1. The van der Waals surface area contributed by atoms with Crippen LogP contribution in [0.25, 0.3) is 0 Å². The molecule has 0 unspecified atom stereocenters. The summed E-state index contributed by atoms with van der Waals surface area (Å²) in [7, 11) is 0. The Hall–Kier alpha value is -2.58.